The van der Waals surface area contributed by atoms with E-state index in [-0.39, 0.29) is 5.57 Å². The molecule has 0 spiro atoms. The predicted molar refractivity (Wildman–Crippen MR) is 87.8 cm³/mol. The van der Waals surface area contributed by atoms with Gasteiger partial charge in [-0.25, -0.2) is 9.79 Å². The van der Waals surface area contributed by atoms with Crippen LogP contribution in [0.3, 0.4) is 0 Å². The van der Waals surface area contributed by atoms with Crippen molar-refractivity contribution in [3.05, 3.63) is 46.1 Å². The highest BCUT2D eigenvalue weighted by Gasteiger charge is 2.28. The minimum absolute atomic E-state index is 0.276. The van der Waals surface area contributed by atoms with Crippen molar-refractivity contribution in [2.75, 3.05) is 5.75 Å². The first-order valence-corrected chi connectivity index (χ1v) is 8.06. The molecule has 1 heterocycles. The van der Waals surface area contributed by atoms with Crippen LogP contribution in [0.2, 0.25) is 5.02 Å². The quantitative estimate of drug-likeness (QED) is 0.883. The Morgan fingerprint density at radius 3 is 2.67 bits per heavy atom. The number of nitrogens with zero attached hydrogens (tertiary/aromatic N) is 1. The number of hydrogen-bond acceptors (Lipinski definition) is 4. The monoisotopic (exact) mass is 324 g/mol. The Morgan fingerprint density at radius 1 is 1.43 bits per heavy atom. The molecule has 6 heteroatoms. The highest BCUT2D eigenvalue weighted by Crippen LogP contribution is 2.32. The number of nitrogens with one attached hydrogen (secondary N) is 1. The number of thioether (sulfide) groups is 1. The average molecular weight is 325 g/mol. The van der Waals surface area contributed by atoms with Gasteiger partial charge in [0.1, 0.15) is 6.04 Å². The highest BCUT2D eigenvalue weighted by atomic mass is 35.5. The van der Waals surface area contributed by atoms with Crippen LogP contribution in [0, 0.1) is 0 Å². The van der Waals surface area contributed by atoms with E-state index in [1.54, 1.807) is 30.8 Å². The summed E-state index contributed by atoms with van der Waals surface area (Å²) in [7, 11) is 0. The van der Waals surface area contributed by atoms with Gasteiger partial charge in [0.25, 0.3) is 0 Å². The van der Waals surface area contributed by atoms with Gasteiger partial charge in [0.2, 0.25) is 0 Å². The minimum Gasteiger partial charge on any atom is -0.478 e. The maximum atomic E-state index is 11.5. The Bertz CT molecular complexity index is 596. The lowest BCUT2D eigenvalue weighted by molar-refractivity contribution is -0.133. The first-order valence-electron chi connectivity index (χ1n) is 6.70. The van der Waals surface area contributed by atoms with Crippen LogP contribution in [-0.2, 0) is 4.79 Å². The maximum Gasteiger partial charge on any atom is 0.335 e. The minimum atomic E-state index is -0.955. The molecule has 0 radical (unpaired) electrons. The molecule has 1 unspecified atom stereocenters. The summed E-state index contributed by atoms with van der Waals surface area (Å²) in [6, 6.07) is 6.64. The summed E-state index contributed by atoms with van der Waals surface area (Å²) in [5, 5.41) is 13.9. The van der Waals surface area contributed by atoms with Crippen LogP contribution >= 0.6 is 23.4 Å². The molecular formula is C15H17ClN2O2S. The molecule has 2 N–H and O–H groups in total. The number of aliphatic carboxylic acids is 1. The van der Waals surface area contributed by atoms with Crippen LogP contribution in [0.15, 0.2) is 40.5 Å². The largest absolute Gasteiger partial charge is 0.478 e. The van der Waals surface area contributed by atoms with E-state index in [2.05, 4.69) is 17.2 Å². The van der Waals surface area contributed by atoms with E-state index in [0.717, 1.165) is 22.9 Å². The first-order chi connectivity index (χ1) is 10.0. The summed E-state index contributed by atoms with van der Waals surface area (Å²) < 4.78 is 0. The molecule has 1 aromatic carbocycles. The molecule has 0 saturated heterocycles. The van der Waals surface area contributed by atoms with Gasteiger partial charge in [-0.1, -0.05) is 42.4 Å². The number of hydrogen-bond donors (Lipinski definition) is 2. The first kappa shape index (κ1) is 15.9. The van der Waals surface area contributed by atoms with E-state index in [1.165, 1.54) is 0 Å². The van der Waals surface area contributed by atoms with Gasteiger partial charge in [0.15, 0.2) is 5.17 Å². The fraction of sp³-hybridized carbons (Fsp3) is 0.333. The Labute approximate surface area is 133 Å². The van der Waals surface area contributed by atoms with Crippen molar-refractivity contribution in [2.24, 2.45) is 4.99 Å². The molecule has 0 saturated carbocycles. The number of amidine groups is 1. The fourth-order valence-corrected chi connectivity index (χ4v) is 3.01. The lowest BCUT2D eigenvalue weighted by atomic mass is 9.97. The zero-order chi connectivity index (χ0) is 15.4. The normalized spacial score (nSPS) is 18.2. The fourth-order valence-electron chi connectivity index (χ4n) is 2.08. The third-order valence-electron chi connectivity index (χ3n) is 3.08. The highest BCUT2D eigenvalue weighted by molar-refractivity contribution is 8.13. The van der Waals surface area contributed by atoms with E-state index in [1.807, 2.05) is 12.1 Å². The van der Waals surface area contributed by atoms with Gasteiger partial charge in [-0.05, 0) is 31.0 Å². The number of carbonyl (C=O) groups is 1. The molecule has 112 valence electrons. The van der Waals surface area contributed by atoms with Crippen LogP contribution in [0.4, 0.5) is 0 Å². The summed E-state index contributed by atoms with van der Waals surface area (Å²) in [5.41, 5.74) is 1.74. The van der Waals surface area contributed by atoms with E-state index in [9.17, 15) is 9.90 Å². The Hall–Kier alpha value is -1.46. The van der Waals surface area contributed by atoms with Gasteiger partial charge in [0, 0.05) is 16.5 Å². The van der Waals surface area contributed by atoms with Gasteiger partial charge in [-0.3, -0.25) is 0 Å². The molecule has 0 fully saturated rings. The van der Waals surface area contributed by atoms with E-state index in [0.29, 0.717) is 10.7 Å². The summed E-state index contributed by atoms with van der Waals surface area (Å²) in [6.45, 7) is 3.87. The third kappa shape index (κ3) is 3.80. The SMILES string of the molecule is CCCSC1=NC(c2ccc(Cl)cc2)C(C(=O)O)=C(C)N1. The van der Waals surface area contributed by atoms with Gasteiger partial charge >= 0.3 is 5.97 Å². The summed E-state index contributed by atoms with van der Waals surface area (Å²) in [6.07, 6.45) is 1.03. The topological polar surface area (TPSA) is 61.7 Å². The third-order valence-corrected chi connectivity index (χ3v) is 4.42. The van der Waals surface area contributed by atoms with Crippen LogP contribution in [-0.4, -0.2) is 22.0 Å². The molecule has 1 aliphatic rings. The van der Waals surface area contributed by atoms with Crippen molar-refractivity contribution in [1.82, 2.24) is 5.32 Å². The molecule has 4 nitrogen and oxygen atoms in total. The maximum absolute atomic E-state index is 11.5. The van der Waals surface area contributed by atoms with Gasteiger partial charge in [-0.15, -0.1) is 0 Å². The van der Waals surface area contributed by atoms with Crippen LogP contribution in [0.25, 0.3) is 0 Å². The lowest BCUT2D eigenvalue weighted by Crippen LogP contribution is -2.29. The number of carboxylic acids is 1. The average Bonchev–Trinajstić information content (AvgIpc) is 2.44. The number of allylic oxidation sites excluding steroid dienone is 1. The second-order valence-electron chi connectivity index (χ2n) is 4.71. The molecule has 21 heavy (non-hydrogen) atoms. The molecule has 0 bridgehead atoms. The number of halogens is 1. The zero-order valence-corrected chi connectivity index (χ0v) is 13.5. The molecule has 1 aliphatic heterocycles. The zero-order valence-electron chi connectivity index (χ0n) is 11.9. The second-order valence-corrected chi connectivity index (χ2v) is 6.23. The van der Waals surface area contributed by atoms with E-state index < -0.39 is 12.0 Å². The van der Waals surface area contributed by atoms with E-state index in [4.69, 9.17) is 11.6 Å². The van der Waals surface area contributed by atoms with E-state index >= 15 is 0 Å². The molecule has 0 aromatic heterocycles. The van der Waals surface area contributed by atoms with Gasteiger partial charge < -0.3 is 10.4 Å². The van der Waals surface area contributed by atoms with Crippen molar-refractivity contribution < 1.29 is 9.90 Å². The van der Waals surface area contributed by atoms with Crippen molar-refractivity contribution in [2.45, 2.75) is 26.3 Å². The molecular weight excluding hydrogens is 308 g/mol. The van der Waals surface area contributed by atoms with Crippen molar-refractivity contribution in [3.8, 4) is 0 Å². The summed E-state index contributed by atoms with van der Waals surface area (Å²) in [5.74, 6) is -0.0160. The molecule has 2 rings (SSSR count). The van der Waals surface area contributed by atoms with Crippen molar-refractivity contribution in [3.63, 3.8) is 0 Å². The number of aliphatic imine (C=N–C) groups is 1. The molecule has 1 atom stereocenters. The lowest BCUT2D eigenvalue weighted by Gasteiger charge is -2.24. The Balaban J connectivity index is 2.38. The number of rotatable bonds is 4. The number of benzene rings is 1. The number of carboxylic acid groups (broad SMARTS) is 1. The van der Waals surface area contributed by atoms with Gasteiger partial charge in [0.05, 0.1) is 5.57 Å². The van der Waals surface area contributed by atoms with Crippen LogP contribution in [0.5, 0.6) is 0 Å². The standard InChI is InChI=1S/C15H17ClN2O2S/c1-3-8-21-15-17-9(2)12(14(19)20)13(18-15)10-4-6-11(16)7-5-10/h4-7,13H,3,8H2,1-2H3,(H,17,18)(H,19,20). The Kier molecular flexibility index (Phi) is 5.31. The van der Waals surface area contributed by atoms with Gasteiger partial charge in [-0.2, -0.15) is 0 Å². The summed E-state index contributed by atoms with van der Waals surface area (Å²) >= 11 is 7.50. The van der Waals surface area contributed by atoms with Crippen LogP contribution < -0.4 is 5.32 Å². The smallest absolute Gasteiger partial charge is 0.335 e. The van der Waals surface area contributed by atoms with Crippen molar-refractivity contribution in [1.29, 1.82) is 0 Å². The van der Waals surface area contributed by atoms with Crippen LogP contribution in [0.1, 0.15) is 31.9 Å². The summed E-state index contributed by atoms with van der Waals surface area (Å²) in [4.78, 5) is 16.1. The predicted octanol–water partition coefficient (Wildman–Crippen LogP) is 3.84. The molecule has 1 aromatic rings. The molecule has 0 aliphatic carbocycles. The van der Waals surface area contributed by atoms with Crippen molar-refractivity contribution >= 4 is 34.5 Å². The second kappa shape index (κ2) is 7.00. The molecule has 0 amide bonds. The Morgan fingerprint density at radius 2 is 2.10 bits per heavy atom.